The Hall–Kier alpha value is -0.810. The first-order chi connectivity index (χ1) is 8.24. The van der Waals surface area contributed by atoms with Crippen molar-refractivity contribution in [3.05, 3.63) is 29.8 Å². The van der Waals surface area contributed by atoms with Crippen LogP contribution in [0.1, 0.15) is 12.0 Å². The van der Waals surface area contributed by atoms with Crippen molar-refractivity contribution in [1.29, 1.82) is 0 Å². The molecule has 5 heteroatoms. The second-order valence-corrected chi connectivity index (χ2v) is 5.11. The molecule has 1 heterocycles. The highest BCUT2D eigenvalue weighted by molar-refractivity contribution is 7.99. The van der Waals surface area contributed by atoms with Crippen LogP contribution in [-0.2, 0) is 6.54 Å². The van der Waals surface area contributed by atoms with E-state index in [0.29, 0.717) is 6.04 Å². The Balaban J connectivity index is 1.80. The van der Waals surface area contributed by atoms with Crippen LogP contribution in [0.3, 0.4) is 0 Å². The first kappa shape index (κ1) is 12.6. The van der Waals surface area contributed by atoms with Gasteiger partial charge in [-0.2, -0.15) is 20.5 Å². The van der Waals surface area contributed by atoms with E-state index in [1.165, 1.54) is 12.2 Å². The molecule has 0 spiro atoms. The van der Waals surface area contributed by atoms with E-state index < -0.39 is 6.61 Å². The van der Waals surface area contributed by atoms with Gasteiger partial charge in [0.25, 0.3) is 0 Å². The molecule has 0 aromatic heterocycles. The Morgan fingerprint density at radius 1 is 1.35 bits per heavy atom. The van der Waals surface area contributed by atoms with Crippen LogP contribution in [0, 0.1) is 0 Å². The minimum atomic E-state index is -2.76. The highest BCUT2D eigenvalue weighted by Gasteiger charge is 2.14. The molecule has 17 heavy (non-hydrogen) atoms. The van der Waals surface area contributed by atoms with Gasteiger partial charge in [0, 0.05) is 18.3 Å². The molecule has 1 fully saturated rings. The van der Waals surface area contributed by atoms with Crippen molar-refractivity contribution in [2.24, 2.45) is 0 Å². The number of hydrogen-bond donors (Lipinski definition) is 1. The van der Waals surface area contributed by atoms with Crippen LogP contribution in [0.15, 0.2) is 24.3 Å². The molecule has 1 saturated heterocycles. The molecular formula is C12H15F2NOS. The lowest BCUT2D eigenvalue weighted by Crippen LogP contribution is -2.27. The molecule has 1 aromatic carbocycles. The molecular weight excluding hydrogens is 244 g/mol. The number of benzene rings is 1. The normalized spacial score (nSPS) is 19.8. The molecule has 0 bridgehead atoms. The summed E-state index contributed by atoms with van der Waals surface area (Å²) in [6.45, 7) is -1.98. The molecule has 1 aliphatic rings. The summed E-state index contributed by atoms with van der Waals surface area (Å²) in [6.07, 6.45) is 1.21. The number of nitrogens with one attached hydrogen (secondary N) is 1. The van der Waals surface area contributed by atoms with Crippen molar-refractivity contribution < 1.29 is 13.5 Å². The van der Waals surface area contributed by atoms with E-state index in [2.05, 4.69) is 10.1 Å². The van der Waals surface area contributed by atoms with E-state index in [-0.39, 0.29) is 5.75 Å². The number of thioether (sulfide) groups is 1. The number of alkyl halides is 2. The van der Waals surface area contributed by atoms with Crippen molar-refractivity contribution in [3.63, 3.8) is 0 Å². The van der Waals surface area contributed by atoms with Crippen LogP contribution in [0.25, 0.3) is 0 Å². The lowest BCUT2D eigenvalue weighted by Gasteiger charge is -2.11. The molecule has 1 atom stereocenters. The maximum atomic E-state index is 11.9. The van der Waals surface area contributed by atoms with Crippen LogP contribution in [0.5, 0.6) is 5.75 Å². The minimum absolute atomic E-state index is 0.208. The number of ether oxygens (including phenoxy) is 1. The average Bonchev–Trinajstić information content (AvgIpc) is 2.80. The third-order valence-electron chi connectivity index (χ3n) is 2.67. The average molecular weight is 259 g/mol. The third kappa shape index (κ3) is 4.16. The van der Waals surface area contributed by atoms with E-state index in [1.807, 2.05) is 23.9 Å². The Kier molecular flexibility index (Phi) is 4.62. The Morgan fingerprint density at radius 2 is 2.12 bits per heavy atom. The number of hydrogen-bond acceptors (Lipinski definition) is 3. The Labute approximate surface area is 104 Å². The van der Waals surface area contributed by atoms with Gasteiger partial charge in [-0.15, -0.1) is 0 Å². The fraction of sp³-hybridized carbons (Fsp3) is 0.500. The SMILES string of the molecule is FC(F)Oc1ccc(CNC2CCSC2)cc1. The molecule has 2 rings (SSSR count). The quantitative estimate of drug-likeness (QED) is 0.878. The first-order valence-electron chi connectivity index (χ1n) is 5.59. The van der Waals surface area contributed by atoms with Crippen molar-refractivity contribution in [2.45, 2.75) is 25.6 Å². The maximum Gasteiger partial charge on any atom is 0.387 e. The van der Waals surface area contributed by atoms with Crippen molar-refractivity contribution in [3.8, 4) is 5.75 Å². The Bertz CT molecular complexity index is 339. The van der Waals surface area contributed by atoms with Crippen molar-refractivity contribution in [1.82, 2.24) is 5.32 Å². The van der Waals surface area contributed by atoms with Crippen LogP contribution in [0.2, 0.25) is 0 Å². The van der Waals surface area contributed by atoms with Crippen LogP contribution >= 0.6 is 11.8 Å². The van der Waals surface area contributed by atoms with E-state index in [4.69, 9.17) is 0 Å². The summed E-state index contributed by atoms with van der Waals surface area (Å²) in [5, 5.41) is 3.45. The second kappa shape index (κ2) is 6.21. The van der Waals surface area contributed by atoms with Crippen LogP contribution in [0.4, 0.5) is 8.78 Å². The van der Waals surface area contributed by atoms with Crippen molar-refractivity contribution in [2.75, 3.05) is 11.5 Å². The van der Waals surface area contributed by atoms with Gasteiger partial charge in [-0.1, -0.05) is 12.1 Å². The highest BCUT2D eigenvalue weighted by atomic mass is 32.2. The summed E-state index contributed by atoms with van der Waals surface area (Å²) in [5.41, 5.74) is 1.09. The maximum absolute atomic E-state index is 11.9. The zero-order valence-corrected chi connectivity index (χ0v) is 10.2. The van der Waals surface area contributed by atoms with Gasteiger partial charge in [0.1, 0.15) is 5.75 Å². The van der Waals surface area contributed by atoms with E-state index in [0.717, 1.165) is 17.9 Å². The van der Waals surface area contributed by atoms with Gasteiger partial charge in [-0.3, -0.25) is 0 Å². The van der Waals surface area contributed by atoms with Gasteiger partial charge >= 0.3 is 6.61 Å². The topological polar surface area (TPSA) is 21.3 Å². The van der Waals surface area contributed by atoms with Gasteiger partial charge in [0.2, 0.25) is 0 Å². The molecule has 1 unspecified atom stereocenters. The fourth-order valence-electron chi connectivity index (χ4n) is 1.75. The summed E-state index contributed by atoms with van der Waals surface area (Å²) >= 11 is 1.96. The van der Waals surface area contributed by atoms with Gasteiger partial charge in [-0.25, -0.2) is 0 Å². The van der Waals surface area contributed by atoms with E-state index in [1.54, 1.807) is 12.1 Å². The van der Waals surface area contributed by atoms with Crippen molar-refractivity contribution >= 4 is 11.8 Å². The molecule has 0 saturated carbocycles. The smallest absolute Gasteiger partial charge is 0.387 e. The molecule has 0 amide bonds. The Morgan fingerprint density at radius 3 is 2.71 bits per heavy atom. The van der Waals surface area contributed by atoms with Crippen LogP contribution < -0.4 is 10.1 Å². The summed E-state index contributed by atoms with van der Waals surface area (Å²) in [6, 6.07) is 7.36. The van der Waals surface area contributed by atoms with Gasteiger partial charge < -0.3 is 10.1 Å². The van der Waals surface area contributed by atoms with Gasteiger partial charge in [0.05, 0.1) is 0 Å². The molecule has 2 nitrogen and oxygen atoms in total. The lowest BCUT2D eigenvalue weighted by molar-refractivity contribution is -0.0498. The van der Waals surface area contributed by atoms with E-state index >= 15 is 0 Å². The van der Waals surface area contributed by atoms with E-state index in [9.17, 15) is 8.78 Å². The summed E-state index contributed by atoms with van der Waals surface area (Å²) in [5.74, 6) is 2.59. The summed E-state index contributed by atoms with van der Waals surface area (Å²) < 4.78 is 28.2. The van der Waals surface area contributed by atoms with Gasteiger partial charge in [-0.05, 0) is 29.9 Å². The monoisotopic (exact) mass is 259 g/mol. The standard InChI is InChI=1S/C12H15F2NOS/c13-12(14)16-11-3-1-9(2-4-11)7-15-10-5-6-17-8-10/h1-4,10,12,15H,5-8H2. The molecule has 94 valence electrons. The minimum Gasteiger partial charge on any atom is -0.435 e. The molecule has 0 radical (unpaired) electrons. The summed E-state index contributed by atoms with van der Waals surface area (Å²) in [7, 11) is 0. The predicted molar refractivity (Wildman–Crippen MR) is 65.6 cm³/mol. The number of halogens is 2. The lowest BCUT2D eigenvalue weighted by atomic mass is 10.2. The van der Waals surface area contributed by atoms with Gasteiger partial charge in [0.15, 0.2) is 0 Å². The largest absolute Gasteiger partial charge is 0.435 e. The molecule has 1 aliphatic heterocycles. The predicted octanol–water partition coefficient (Wildman–Crippen LogP) is 2.88. The fourth-order valence-corrected chi connectivity index (χ4v) is 2.93. The summed E-state index contributed by atoms with van der Waals surface area (Å²) in [4.78, 5) is 0. The first-order valence-corrected chi connectivity index (χ1v) is 6.74. The highest BCUT2D eigenvalue weighted by Crippen LogP contribution is 2.18. The molecule has 1 aromatic rings. The zero-order valence-electron chi connectivity index (χ0n) is 9.36. The molecule has 0 aliphatic carbocycles. The third-order valence-corrected chi connectivity index (χ3v) is 3.84. The van der Waals surface area contributed by atoms with Crippen LogP contribution in [-0.4, -0.2) is 24.2 Å². The molecule has 1 N–H and O–H groups in total. The second-order valence-electron chi connectivity index (χ2n) is 3.96. The number of rotatable bonds is 5. The zero-order chi connectivity index (χ0) is 12.1.